The largest absolute Gasteiger partial charge is 0.451 e. The minimum Gasteiger partial charge on any atom is -0.451 e. The van der Waals surface area contributed by atoms with Gasteiger partial charge in [0.25, 0.3) is 0 Å². The molecule has 0 aromatic heterocycles. The highest BCUT2D eigenvalue weighted by Gasteiger charge is 2.86. The number of hydrogen-bond donors (Lipinski definition) is 0. The lowest BCUT2D eigenvalue weighted by atomic mass is 9.89. The average Bonchev–Trinajstić information content (AvgIpc) is 3.53. The van der Waals surface area contributed by atoms with Gasteiger partial charge in [-0.3, -0.25) is 4.79 Å². The number of carbonyl (C=O) groups is 2. The van der Waals surface area contributed by atoms with Crippen LogP contribution in [0.3, 0.4) is 0 Å². The Morgan fingerprint density at radius 1 is 1.00 bits per heavy atom. The van der Waals surface area contributed by atoms with E-state index in [0.717, 1.165) is 11.1 Å². The van der Waals surface area contributed by atoms with Gasteiger partial charge in [-0.1, -0.05) is 81.4 Å². The molecule has 1 saturated carbocycles. The summed E-state index contributed by atoms with van der Waals surface area (Å²) >= 11 is 0. The highest BCUT2D eigenvalue weighted by atomic mass is 32.2. The second-order valence-electron chi connectivity index (χ2n) is 12.9. The molecule has 2 aromatic carbocycles. The quantitative estimate of drug-likeness (QED) is 0.288. The molecule has 3 fully saturated rings. The Morgan fingerprint density at radius 2 is 1.50 bits per heavy atom. The van der Waals surface area contributed by atoms with Crippen LogP contribution >= 0.6 is 0 Å². The van der Waals surface area contributed by atoms with Gasteiger partial charge in [-0.25, -0.2) is 13.2 Å². The summed E-state index contributed by atoms with van der Waals surface area (Å²) in [7, 11) is -6.11. The summed E-state index contributed by atoms with van der Waals surface area (Å²) in [4.78, 5) is 28.8. The second kappa shape index (κ2) is 8.50. The number of esters is 1. The van der Waals surface area contributed by atoms with E-state index in [0.29, 0.717) is 6.42 Å². The smallest absolute Gasteiger partial charge is 0.331 e. The molecule has 2 aromatic rings. The Labute approximate surface area is 226 Å². The molecule has 2 saturated heterocycles. The summed E-state index contributed by atoms with van der Waals surface area (Å²) in [5.74, 6) is -1.04. The summed E-state index contributed by atoms with van der Waals surface area (Å²) in [6, 6.07) is 17.4. The lowest BCUT2D eigenvalue weighted by Gasteiger charge is -2.45. The number of hydrogen-bond acceptors (Lipinski definition) is 6. The third-order valence-electron chi connectivity index (χ3n) is 9.13. The van der Waals surface area contributed by atoms with Gasteiger partial charge >= 0.3 is 5.97 Å². The maximum atomic E-state index is 13.9. The van der Waals surface area contributed by atoms with Crippen molar-refractivity contribution in [3.63, 3.8) is 0 Å². The first-order valence-electron chi connectivity index (χ1n) is 13.1. The van der Waals surface area contributed by atoms with Crippen molar-refractivity contribution in [3.8, 4) is 0 Å². The number of β-lactam (4-membered cyclic amide) rings is 1. The van der Waals surface area contributed by atoms with Gasteiger partial charge in [0.2, 0.25) is 5.91 Å². The molecule has 0 radical (unpaired) electrons. The van der Waals surface area contributed by atoms with Crippen molar-refractivity contribution in [1.82, 2.24) is 4.90 Å². The summed E-state index contributed by atoms with van der Waals surface area (Å²) < 4.78 is 38.8. The van der Waals surface area contributed by atoms with E-state index in [1.165, 1.54) is 18.7 Å². The Balaban J connectivity index is 1.45. The topological polar surface area (TPSA) is 90.0 Å². The predicted octanol–water partition coefficient (Wildman–Crippen LogP) is 4.84. The zero-order valence-corrected chi connectivity index (χ0v) is 24.9. The monoisotopic (exact) mass is 555 g/mol. The van der Waals surface area contributed by atoms with E-state index >= 15 is 0 Å². The zero-order valence-electron chi connectivity index (χ0n) is 23.1. The van der Waals surface area contributed by atoms with E-state index in [1.807, 2.05) is 60.7 Å². The van der Waals surface area contributed by atoms with Gasteiger partial charge in [0.15, 0.2) is 29.6 Å². The van der Waals surface area contributed by atoms with E-state index in [1.54, 1.807) is 0 Å². The summed E-state index contributed by atoms with van der Waals surface area (Å²) in [5, 5.41) is -1.15. The van der Waals surface area contributed by atoms with Crippen molar-refractivity contribution in [2.45, 2.75) is 87.5 Å². The zero-order chi connectivity index (χ0) is 27.9. The van der Waals surface area contributed by atoms with Crippen LogP contribution in [-0.4, -0.2) is 55.8 Å². The molecule has 204 valence electrons. The Bertz CT molecular complexity index is 1330. The maximum Gasteiger partial charge on any atom is 0.331 e. The van der Waals surface area contributed by atoms with Gasteiger partial charge in [0.05, 0.1) is 10.9 Å². The van der Waals surface area contributed by atoms with Gasteiger partial charge in [0, 0.05) is 0 Å². The molecular weight excluding hydrogens is 518 g/mol. The van der Waals surface area contributed by atoms with Crippen LogP contribution in [-0.2, 0) is 28.6 Å². The molecule has 2 aliphatic heterocycles. The molecule has 5 rings (SSSR count). The molecular formula is C29H37NO6SSi. The molecule has 3 aliphatic rings. The van der Waals surface area contributed by atoms with Crippen molar-refractivity contribution < 1.29 is 27.2 Å². The highest BCUT2D eigenvalue weighted by molar-refractivity contribution is 7.94. The van der Waals surface area contributed by atoms with Gasteiger partial charge in [-0.05, 0) is 49.5 Å². The van der Waals surface area contributed by atoms with E-state index in [2.05, 4.69) is 33.9 Å². The molecule has 4 atom stereocenters. The number of carbonyl (C=O) groups excluding carboxylic acids is 2. The highest BCUT2D eigenvalue weighted by Crippen LogP contribution is 2.68. The fourth-order valence-electron chi connectivity index (χ4n) is 5.67. The minimum absolute atomic E-state index is 0.0761. The molecule has 7 nitrogen and oxygen atoms in total. The molecule has 1 aliphatic carbocycles. The van der Waals surface area contributed by atoms with Crippen molar-refractivity contribution in [3.05, 3.63) is 71.8 Å². The SMILES string of the molecule is CC(C)(C)[Si](C)(C)O[C@H]1C[C@]12C(=O)N1[C@@H](C(=O)OC(c3ccccc3)c3ccccc3)C(C)(C)S(=O)(=O)[C@@H]12. The fourth-order valence-corrected chi connectivity index (χ4v) is 9.54. The van der Waals surface area contributed by atoms with Crippen LogP contribution in [0.1, 0.15) is 58.3 Å². The Morgan fingerprint density at radius 3 is 1.97 bits per heavy atom. The van der Waals surface area contributed by atoms with Crippen LogP contribution in [0.4, 0.5) is 0 Å². The van der Waals surface area contributed by atoms with E-state index in [-0.39, 0.29) is 10.9 Å². The fraction of sp³-hybridized carbons (Fsp3) is 0.517. The normalized spacial score (nSPS) is 29.2. The standard InChI is InChI=1S/C29H37NO6SSi/c1-27(2,3)38(6,7)36-21-18-29(21)25(32)30-23(28(4,5)37(33,34)26(29)30)24(31)35-22(19-14-10-8-11-15-19)20-16-12-9-13-17-20/h8-17,21-23,26H,18H2,1-7H3/t21-,23-,26+,29+/m0/s1. The lowest BCUT2D eigenvalue weighted by Crippen LogP contribution is -2.67. The third kappa shape index (κ3) is 3.72. The Kier molecular flexibility index (Phi) is 6.06. The molecule has 9 heteroatoms. The van der Waals surface area contributed by atoms with Crippen LogP contribution < -0.4 is 0 Å². The van der Waals surface area contributed by atoms with Gasteiger partial charge in [-0.2, -0.15) is 0 Å². The number of benzene rings is 2. The van der Waals surface area contributed by atoms with Crippen LogP contribution in [0, 0.1) is 5.41 Å². The first-order valence-corrected chi connectivity index (χ1v) is 17.6. The second-order valence-corrected chi connectivity index (χ2v) is 20.2. The first-order chi connectivity index (χ1) is 17.6. The van der Waals surface area contributed by atoms with Crippen molar-refractivity contribution >= 4 is 30.0 Å². The van der Waals surface area contributed by atoms with Gasteiger partial charge in [0.1, 0.15) is 11.5 Å². The van der Waals surface area contributed by atoms with Crippen LogP contribution in [0.2, 0.25) is 18.1 Å². The van der Waals surface area contributed by atoms with Gasteiger partial charge in [-0.15, -0.1) is 0 Å². The van der Waals surface area contributed by atoms with Crippen molar-refractivity contribution in [2.24, 2.45) is 5.41 Å². The molecule has 1 spiro atoms. The van der Waals surface area contributed by atoms with Crippen LogP contribution in [0.15, 0.2) is 60.7 Å². The number of fused-ring (bicyclic) bond motifs is 2. The average molecular weight is 556 g/mol. The van der Waals surface area contributed by atoms with Crippen LogP contribution in [0.5, 0.6) is 0 Å². The summed E-state index contributed by atoms with van der Waals surface area (Å²) in [6.07, 6.45) is -0.810. The van der Waals surface area contributed by atoms with E-state index < -0.39 is 57.9 Å². The van der Waals surface area contributed by atoms with Crippen molar-refractivity contribution in [2.75, 3.05) is 0 Å². The maximum absolute atomic E-state index is 13.9. The Hall–Kier alpha value is -2.49. The van der Waals surface area contributed by atoms with E-state index in [9.17, 15) is 18.0 Å². The molecule has 0 bridgehead atoms. The number of nitrogens with zero attached hydrogens (tertiary/aromatic N) is 1. The summed E-state index contributed by atoms with van der Waals surface area (Å²) in [5.41, 5.74) is 0.427. The number of rotatable bonds is 6. The third-order valence-corrected chi connectivity index (χ3v) is 16.5. The number of sulfone groups is 1. The predicted molar refractivity (Wildman–Crippen MR) is 147 cm³/mol. The molecule has 0 unspecified atom stereocenters. The molecule has 1 amide bonds. The molecule has 38 heavy (non-hydrogen) atoms. The summed E-state index contributed by atoms with van der Waals surface area (Å²) in [6.45, 7) is 13.6. The first kappa shape index (κ1) is 27.1. The van der Waals surface area contributed by atoms with Crippen LogP contribution in [0.25, 0.3) is 0 Å². The molecule has 2 heterocycles. The van der Waals surface area contributed by atoms with E-state index in [4.69, 9.17) is 9.16 Å². The number of amides is 1. The lowest BCUT2D eigenvalue weighted by molar-refractivity contribution is -0.172. The minimum atomic E-state index is -3.89. The number of ether oxygens (including phenoxy) is 1. The van der Waals surface area contributed by atoms with Crippen molar-refractivity contribution in [1.29, 1.82) is 0 Å². The van der Waals surface area contributed by atoms with Gasteiger partial charge < -0.3 is 14.1 Å². The molecule has 0 N–H and O–H groups in total.